The quantitative estimate of drug-likeness (QED) is 0.194. The molecule has 0 unspecified atom stereocenters. The zero-order chi connectivity index (χ0) is 31.8. The van der Waals surface area contributed by atoms with Gasteiger partial charge in [-0.25, -0.2) is 0 Å². The van der Waals surface area contributed by atoms with E-state index in [0.717, 1.165) is 67.1 Å². The van der Waals surface area contributed by atoms with E-state index in [2.05, 4.69) is 120 Å². The first-order chi connectivity index (χ1) is 24.2. The van der Waals surface area contributed by atoms with Crippen molar-refractivity contribution in [1.29, 1.82) is 0 Å². The van der Waals surface area contributed by atoms with Gasteiger partial charge >= 0.3 is 0 Å². The SMILES string of the molecule is c1ccc2c(c1)-c1c(N(c3ccc4c(c3)oc3ccccc34)c3ccc4c(c3)oc3ccccc34)cccc1C21C2CC3CC(C2)CC1C3. The maximum atomic E-state index is 6.48. The fourth-order valence-electron chi connectivity index (χ4n) is 11.5. The Bertz CT molecular complexity index is 2510. The highest BCUT2D eigenvalue weighted by molar-refractivity contribution is 6.08. The predicted octanol–water partition coefficient (Wildman–Crippen LogP) is 12.7. The molecule has 3 nitrogen and oxygen atoms in total. The molecule has 0 N–H and O–H groups in total. The smallest absolute Gasteiger partial charge is 0.137 e. The van der Waals surface area contributed by atoms with Crippen LogP contribution >= 0.6 is 0 Å². The van der Waals surface area contributed by atoms with Crippen molar-refractivity contribution in [2.75, 3.05) is 4.90 Å². The van der Waals surface area contributed by atoms with Crippen LogP contribution in [0.3, 0.4) is 0 Å². The minimum Gasteiger partial charge on any atom is -0.456 e. The molecule has 3 heteroatoms. The summed E-state index contributed by atoms with van der Waals surface area (Å²) in [7, 11) is 0. The molecule has 0 radical (unpaired) electrons. The summed E-state index contributed by atoms with van der Waals surface area (Å²) in [5.74, 6) is 3.26. The average Bonchev–Trinajstić information content (AvgIpc) is 3.79. The molecular weight excluding hydrogens is 599 g/mol. The fraction of sp³-hybridized carbons (Fsp3) is 0.217. The van der Waals surface area contributed by atoms with Crippen molar-refractivity contribution in [3.05, 3.63) is 139 Å². The van der Waals surface area contributed by atoms with Crippen LogP contribution in [0.25, 0.3) is 55.0 Å². The van der Waals surface area contributed by atoms with Gasteiger partial charge < -0.3 is 13.7 Å². The molecule has 4 bridgehead atoms. The van der Waals surface area contributed by atoms with Crippen LogP contribution in [-0.2, 0) is 5.41 Å². The highest BCUT2D eigenvalue weighted by atomic mass is 16.3. The second-order valence-corrected chi connectivity index (χ2v) is 15.3. The molecule has 0 saturated heterocycles. The van der Waals surface area contributed by atoms with Gasteiger partial charge in [0, 0.05) is 56.0 Å². The summed E-state index contributed by atoms with van der Waals surface area (Å²) in [6.07, 6.45) is 6.96. The second-order valence-electron chi connectivity index (χ2n) is 15.3. The molecule has 4 fully saturated rings. The van der Waals surface area contributed by atoms with Gasteiger partial charge in [-0.15, -0.1) is 0 Å². The van der Waals surface area contributed by atoms with Crippen LogP contribution in [0.5, 0.6) is 0 Å². The lowest BCUT2D eigenvalue weighted by Crippen LogP contribution is -2.55. The topological polar surface area (TPSA) is 29.5 Å². The van der Waals surface area contributed by atoms with Gasteiger partial charge in [-0.05, 0) is 115 Å². The van der Waals surface area contributed by atoms with Gasteiger partial charge in [0.2, 0.25) is 0 Å². The van der Waals surface area contributed by atoms with Crippen LogP contribution in [0.4, 0.5) is 17.1 Å². The molecule has 1 spiro atoms. The standard InChI is InChI=1S/C46H35NO2/c1-4-11-38-37(10-1)45-39(46(38)29-21-27-20-28(23-29)24-30(46)22-27)12-7-13-40(45)47(31-16-18-35-33-8-2-5-14-41(33)48-43(35)25-31)32-17-19-36-34-9-3-6-15-42(34)49-44(36)26-32/h1-19,25-30H,20-24H2. The first-order valence-electron chi connectivity index (χ1n) is 18.1. The number of anilines is 3. The van der Waals surface area contributed by atoms with Crippen LogP contribution in [-0.4, -0.2) is 0 Å². The molecular formula is C46H35NO2. The summed E-state index contributed by atoms with van der Waals surface area (Å²) in [4.78, 5) is 2.46. The first kappa shape index (κ1) is 26.6. The van der Waals surface area contributed by atoms with Crippen molar-refractivity contribution >= 4 is 60.9 Å². The Kier molecular flexibility index (Phi) is 5.14. The van der Waals surface area contributed by atoms with Crippen molar-refractivity contribution in [2.24, 2.45) is 23.7 Å². The Morgan fingerprint density at radius 2 is 1.00 bits per heavy atom. The molecule has 5 aliphatic rings. The lowest BCUT2D eigenvalue weighted by molar-refractivity contribution is -0.0399. The number of hydrogen-bond acceptors (Lipinski definition) is 3. The van der Waals surface area contributed by atoms with Gasteiger partial charge in [0.05, 0.1) is 5.69 Å². The summed E-state index contributed by atoms with van der Waals surface area (Å²) in [5.41, 5.74) is 13.1. The van der Waals surface area contributed by atoms with Crippen LogP contribution < -0.4 is 4.90 Å². The number of nitrogens with zero attached hydrogens (tertiary/aromatic N) is 1. The Morgan fingerprint density at radius 1 is 0.469 bits per heavy atom. The van der Waals surface area contributed by atoms with Crippen LogP contribution in [0.15, 0.2) is 136 Å². The Hall–Kier alpha value is -5.28. The zero-order valence-electron chi connectivity index (χ0n) is 27.2. The molecule has 5 aliphatic carbocycles. The molecule has 236 valence electrons. The zero-order valence-corrected chi connectivity index (χ0v) is 27.2. The molecule has 2 aromatic heterocycles. The second kappa shape index (κ2) is 9.45. The fourth-order valence-corrected chi connectivity index (χ4v) is 11.5. The normalized spacial score (nSPS) is 24.8. The van der Waals surface area contributed by atoms with E-state index in [1.54, 1.807) is 11.1 Å². The first-order valence-corrected chi connectivity index (χ1v) is 18.1. The monoisotopic (exact) mass is 633 g/mol. The lowest BCUT2D eigenvalue weighted by atomic mass is 9.43. The van der Waals surface area contributed by atoms with Crippen LogP contribution in [0.1, 0.15) is 43.2 Å². The van der Waals surface area contributed by atoms with Crippen molar-refractivity contribution in [2.45, 2.75) is 37.5 Å². The summed E-state index contributed by atoms with van der Waals surface area (Å²) < 4.78 is 13.0. The summed E-state index contributed by atoms with van der Waals surface area (Å²) in [6.45, 7) is 0. The largest absolute Gasteiger partial charge is 0.456 e. The third kappa shape index (κ3) is 3.43. The van der Waals surface area contributed by atoms with Gasteiger partial charge in [-0.2, -0.15) is 0 Å². The van der Waals surface area contributed by atoms with E-state index in [1.807, 2.05) is 12.1 Å². The maximum Gasteiger partial charge on any atom is 0.137 e. The van der Waals surface area contributed by atoms with E-state index in [0.29, 0.717) is 11.8 Å². The van der Waals surface area contributed by atoms with Crippen LogP contribution in [0, 0.1) is 23.7 Å². The van der Waals surface area contributed by atoms with E-state index < -0.39 is 0 Å². The van der Waals surface area contributed by atoms with Gasteiger partial charge in [0.25, 0.3) is 0 Å². The summed E-state index contributed by atoms with van der Waals surface area (Å²) in [6, 6.07) is 46.8. The number of furan rings is 2. The molecule has 13 rings (SSSR count). The maximum absolute atomic E-state index is 6.48. The number of para-hydroxylation sites is 2. The average molecular weight is 634 g/mol. The van der Waals surface area contributed by atoms with Gasteiger partial charge in [-0.1, -0.05) is 72.8 Å². The molecule has 8 aromatic rings. The lowest BCUT2D eigenvalue weighted by Gasteiger charge is -2.61. The number of rotatable bonds is 3. The number of fused-ring (bicyclic) bond motifs is 9. The summed E-state index contributed by atoms with van der Waals surface area (Å²) >= 11 is 0. The Morgan fingerprint density at radius 3 is 1.63 bits per heavy atom. The highest BCUT2D eigenvalue weighted by Gasteiger charge is 2.61. The number of hydrogen-bond donors (Lipinski definition) is 0. The van der Waals surface area contributed by atoms with E-state index in [-0.39, 0.29) is 5.41 Å². The molecule has 2 heterocycles. The van der Waals surface area contributed by atoms with E-state index in [1.165, 1.54) is 48.9 Å². The Labute approximate surface area is 284 Å². The molecule has 0 amide bonds. The van der Waals surface area contributed by atoms with E-state index in [4.69, 9.17) is 8.83 Å². The molecule has 49 heavy (non-hydrogen) atoms. The number of benzene rings is 6. The molecule has 6 aromatic carbocycles. The molecule has 0 aliphatic heterocycles. The van der Waals surface area contributed by atoms with Crippen LogP contribution in [0.2, 0.25) is 0 Å². The van der Waals surface area contributed by atoms with Gasteiger partial charge in [-0.3, -0.25) is 0 Å². The molecule has 4 saturated carbocycles. The minimum absolute atomic E-state index is 0.104. The van der Waals surface area contributed by atoms with Crippen molar-refractivity contribution < 1.29 is 8.83 Å². The van der Waals surface area contributed by atoms with Crippen molar-refractivity contribution in [3.8, 4) is 11.1 Å². The van der Waals surface area contributed by atoms with Crippen molar-refractivity contribution in [1.82, 2.24) is 0 Å². The Balaban J connectivity index is 1.13. The van der Waals surface area contributed by atoms with Crippen molar-refractivity contribution in [3.63, 3.8) is 0 Å². The van der Waals surface area contributed by atoms with Gasteiger partial charge in [0.15, 0.2) is 0 Å². The third-order valence-corrected chi connectivity index (χ3v) is 13.0. The van der Waals surface area contributed by atoms with E-state index in [9.17, 15) is 0 Å². The predicted molar refractivity (Wildman–Crippen MR) is 199 cm³/mol. The highest BCUT2D eigenvalue weighted by Crippen LogP contribution is 2.70. The third-order valence-electron chi connectivity index (χ3n) is 13.0. The van der Waals surface area contributed by atoms with E-state index >= 15 is 0 Å². The summed E-state index contributed by atoms with van der Waals surface area (Å²) in [5, 5.41) is 4.58. The molecule has 0 atom stereocenters. The van der Waals surface area contributed by atoms with Gasteiger partial charge in [0.1, 0.15) is 22.3 Å². The minimum atomic E-state index is 0.104.